The molecule has 0 heterocycles. The lowest BCUT2D eigenvalue weighted by molar-refractivity contribution is 0.133. The number of rotatable bonds is 5. The Kier molecular flexibility index (Phi) is 4.33. The molecule has 0 radical (unpaired) electrons. The summed E-state index contributed by atoms with van der Waals surface area (Å²) < 4.78 is 5.79. The van der Waals surface area contributed by atoms with E-state index in [1.807, 2.05) is 45.0 Å². The Bertz CT molecular complexity index is 336. The summed E-state index contributed by atoms with van der Waals surface area (Å²) in [6.45, 7) is 5.77. The maximum absolute atomic E-state index is 9.08. The summed E-state index contributed by atoms with van der Waals surface area (Å²) in [5, 5.41) is 9.08. The Labute approximate surface area is 97.2 Å². The molecule has 16 heavy (non-hydrogen) atoms. The molecule has 0 spiro atoms. The van der Waals surface area contributed by atoms with E-state index in [9.17, 15) is 0 Å². The Morgan fingerprint density at radius 3 is 2.62 bits per heavy atom. The van der Waals surface area contributed by atoms with Gasteiger partial charge in [0.25, 0.3) is 0 Å². The summed E-state index contributed by atoms with van der Waals surface area (Å²) in [5.41, 5.74) is 6.41. The molecule has 0 saturated heterocycles. The van der Waals surface area contributed by atoms with Crippen molar-refractivity contribution in [3.8, 4) is 5.75 Å². The molecule has 0 aromatic heterocycles. The first-order valence-electron chi connectivity index (χ1n) is 5.56. The van der Waals surface area contributed by atoms with Crippen LogP contribution in [0.3, 0.4) is 0 Å². The van der Waals surface area contributed by atoms with E-state index in [0.29, 0.717) is 6.42 Å². The van der Waals surface area contributed by atoms with Crippen molar-refractivity contribution >= 4 is 0 Å². The molecule has 0 saturated carbocycles. The zero-order valence-corrected chi connectivity index (χ0v) is 10.2. The van der Waals surface area contributed by atoms with Crippen LogP contribution in [-0.2, 0) is 0 Å². The van der Waals surface area contributed by atoms with Gasteiger partial charge in [-0.3, -0.25) is 0 Å². The van der Waals surface area contributed by atoms with Gasteiger partial charge in [0, 0.05) is 12.0 Å². The monoisotopic (exact) mass is 223 g/mol. The van der Waals surface area contributed by atoms with E-state index in [0.717, 1.165) is 11.3 Å². The van der Waals surface area contributed by atoms with Gasteiger partial charge in [-0.2, -0.15) is 0 Å². The molecule has 2 atom stereocenters. The molecule has 0 aliphatic carbocycles. The lowest BCUT2D eigenvalue weighted by atomic mass is 9.97. The zero-order chi connectivity index (χ0) is 12.2. The maximum Gasteiger partial charge on any atom is 0.122 e. The average Bonchev–Trinajstić information content (AvgIpc) is 2.21. The summed E-state index contributed by atoms with van der Waals surface area (Å²) in [5.74, 6) is 0.878. The highest BCUT2D eigenvalue weighted by atomic mass is 16.5. The quantitative estimate of drug-likeness (QED) is 0.801. The summed E-state index contributed by atoms with van der Waals surface area (Å²) in [7, 11) is 0. The third-order valence-corrected chi connectivity index (χ3v) is 2.54. The number of aliphatic hydroxyl groups is 1. The topological polar surface area (TPSA) is 55.5 Å². The van der Waals surface area contributed by atoms with E-state index in [4.69, 9.17) is 15.6 Å². The predicted molar refractivity (Wildman–Crippen MR) is 65.6 cm³/mol. The molecule has 90 valence electrons. The van der Waals surface area contributed by atoms with Gasteiger partial charge in [0.1, 0.15) is 5.75 Å². The Morgan fingerprint density at radius 1 is 1.44 bits per heavy atom. The van der Waals surface area contributed by atoms with Gasteiger partial charge in [-0.1, -0.05) is 18.2 Å². The van der Waals surface area contributed by atoms with Crippen LogP contribution < -0.4 is 10.5 Å². The second-order valence-electron chi connectivity index (χ2n) is 4.71. The van der Waals surface area contributed by atoms with E-state index in [2.05, 4.69) is 0 Å². The fraction of sp³-hybridized carbons (Fsp3) is 0.538. The number of ether oxygens (including phenoxy) is 1. The van der Waals surface area contributed by atoms with E-state index in [-0.39, 0.29) is 12.7 Å². The Morgan fingerprint density at radius 2 is 2.06 bits per heavy atom. The van der Waals surface area contributed by atoms with Gasteiger partial charge >= 0.3 is 0 Å². The molecule has 3 nitrogen and oxygen atoms in total. The van der Waals surface area contributed by atoms with Crippen LogP contribution in [0.2, 0.25) is 0 Å². The summed E-state index contributed by atoms with van der Waals surface area (Å²) in [4.78, 5) is 0. The summed E-state index contributed by atoms with van der Waals surface area (Å²) >= 11 is 0. The van der Waals surface area contributed by atoms with Crippen LogP contribution in [0.25, 0.3) is 0 Å². The van der Waals surface area contributed by atoms with Crippen LogP contribution in [0.4, 0.5) is 0 Å². The first-order chi connectivity index (χ1) is 7.44. The lowest BCUT2D eigenvalue weighted by Crippen LogP contribution is -2.43. The smallest absolute Gasteiger partial charge is 0.122 e. The van der Waals surface area contributed by atoms with Crippen LogP contribution in [0.15, 0.2) is 24.3 Å². The molecule has 3 N–H and O–H groups in total. The van der Waals surface area contributed by atoms with Crippen molar-refractivity contribution in [2.45, 2.75) is 38.8 Å². The standard InChI is InChI=1S/C13H21NO2/c1-10-6-4-5-7-12(10)16-11(2)8-13(3,14)9-15/h4-7,11,15H,8-9,14H2,1-3H3. The van der Waals surface area contributed by atoms with Gasteiger partial charge in [-0.15, -0.1) is 0 Å². The normalized spacial score (nSPS) is 16.6. The first-order valence-corrected chi connectivity index (χ1v) is 5.56. The van der Waals surface area contributed by atoms with Crippen LogP contribution in [0.5, 0.6) is 5.75 Å². The molecule has 0 aliphatic heterocycles. The highest BCUT2D eigenvalue weighted by Crippen LogP contribution is 2.20. The summed E-state index contributed by atoms with van der Waals surface area (Å²) in [6, 6.07) is 7.88. The second-order valence-corrected chi connectivity index (χ2v) is 4.71. The van der Waals surface area contributed by atoms with E-state index in [1.54, 1.807) is 0 Å². The van der Waals surface area contributed by atoms with Crippen molar-refractivity contribution in [3.63, 3.8) is 0 Å². The highest BCUT2D eigenvalue weighted by molar-refractivity contribution is 5.31. The Hall–Kier alpha value is -1.06. The number of para-hydroxylation sites is 1. The molecular weight excluding hydrogens is 202 g/mol. The van der Waals surface area contributed by atoms with Crippen LogP contribution in [-0.4, -0.2) is 23.4 Å². The zero-order valence-electron chi connectivity index (χ0n) is 10.2. The van der Waals surface area contributed by atoms with Crippen molar-refractivity contribution < 1.29 is 9.84 Å². The third kappa shape index (κ3) is 3.83. The van der Waals surface area contributed by atoms with Crippen molar-refractivity contribution in [2.75, 3.05) is 6.61 Å². The molecule has 0 fully saturated rings. The van der Waals surface area contributed by atoms with Gasteiger partial charge in [0.05, 0.1) is 12.7 Å². The van der Waals surface area contributed by atoms with E-state index >= 15 is 0 Å². The largest absolute Gasteiger partial charge is 0.490 e. The fourth-order valence-electron chi connectivity index (χ4n) is 1.67. The van der Waals surface area contributed by atoms with Crippen LogP contribution in [0, 0.1) is 6.92 Å². The number of hydrogen-bond acceptors (Lipinski definition) is 3. The number of nitrogens with two attached hydrogens (primary N) is 1. The second kappa shape index (κ2) is 5.32. The van der Waals surface area contributed by atoms with E-state index < -0.39 is 5.54 Å². The molecule has 0 amide bonds. The van der Waals surface area contributed by atoms with Gasteiger partial charge in [-0.05, 0) is 32.4 Å². The van der Waals surface area contributed by atoms with Gasteiger partial charge in [-0.25, -0.2) is 0 Å². The first kappa shape index (κ1) is 13.0. The number of hydrogen-bond donors (Lipinski definition) is 2. The van der Waals surface area contributed by atoms with Crippen molar-refractivity contribution in [1.29, 1.82) is 0 Å². The van der Waals surface area contributed by atoms with Crippen molar-refractivity contribution in [3.05, 3.63) is 29.8 Å². The predicted octanol–water partition coefficient (Wildman–Crippen LogP) is 1.86. The van der Waals surface area contributed by atoms with Crippen LogP contribution >= 0.6 is 0 Å². The Balaban J connectivity index is 2.58. The minimum absolute atomic E-state index is 0.0109. The van der Waals surface area contributed by atoms with Gasteiger partial charge < -0.3 is 15.6 Å². The number of aryl methyl sites for hydroxylation is 1. The minimum Gasteiger partial charge on any atom is -0.490 e. The minimum atomic E-state index is -0.581. The molecular formula is C13H21NO2. The van der Waals surface area contributed by atoms with Crippen LogP contribution in [0.1, 0.15) is 25.8 Å². The number of aliphatic hydroxyl groups excluding tert-OH is 1. The molecule has 2 unspecified atom stereocenters. The van der Waals surface area contributed by atoms with Crippen molar-refractivity contribution in [2.24, 2.45) is 5.73 Å². The molecule has 0 bridgehead atoms. The maximum atomic E-state index is 9.08. The molecule has 1 aromatic carbocycles. The van der Waals surface area contributed by atoms with E-state index in [1.165, 1.54) is 0 Å². The number of benzene rings is 1. The molecule has 1 rings (SSSR count). The van der Waals surface area contributed by atoms with Crippen molar-refractivity contribution in [1.82, 2.24) is 0 Å². The third-order valence-electron chi connectivity index (χ3n) is 2.54. The van der Waals surface area contributed by atoms with Gasteiger partial charge in [0.15, 0.2) is 0 Å². The lowest BCUT2D eigenvalue weighted by Gasteiger charge is -2.26. The molecule has 1 aromatic rings. The highest BCUT2D eigenvalue weighted by Gasteiger charge is 2.21. The average molecular weight is 223 g/mol. The summed E-state index contributed by atoms with van der Waals surface area (Å²) in [6.07, 6.45) is 0.612. The fourth-order valence-corrected chi connectivity index (χ4v) is 1.67. The SMILES string of the molecule is Cc1ccccc1OC(C)CC(C)(N)CO. The molecule has 0 aliphatic rings. The van der Waals surface area contributed by atoms with Gasteiger partial charge in [0.2, 0.25) is 0 Å². The molecule has 3 heteroatoms.